The van der Waals surface area contributed by atoms with Crippen LogP contribution in [0, 0.1) is 0 Å². The molecule has 0 saturated carbocycles. The van der Waals surface area contributed by atoms with Crippen molar-refractivity contribution in [2.24, 2.45) is 0 Å². The summed E-state index contributed by atoms with van der Waals surface area (Å²) in [5, 5.41) is 2.92. The molecule has 16 heavy (non-hydrogen) atoms. The Morgan fingerprint density at radius 3 is 2.75 bits per heavy atom. The highest BCUT2D eigenvalue weighted by atomic mass is 32.1. The van der Waals surface area contributed by atoms with Gasteiger partial charge in [-0.3, -0.25) is 4.79 Å². The third kappa shape index (κ3) is 3.20. The number of hydrogen-bond acceptors (Lipinski definition) is 5. The maximum Gasteiger partial charge on any atom is 0.325 e. The maximum absolute atomic E-state index is 11.3. The monoisotopic (exact) mass is 242 g/mol. The van der Waals surface area contributed by atoms with Gasteiger partial charge in [-0.15, -0.1) is 11.3 Å². The summed E-state index contributed by atoms with van der Waals surface area (Å²) in [7, 11) is 1.40. The van der Waals surface area contributed by atoms with E-state index in [1.54, 1.807) is 11.3 Å². The van der Waals surface area contributed by atoms with E-state index in [1.807, 2.05) is 24.1 Å². The van der Waals surface area contributed by atoms with Crippen molar-refractivity contribution in [1.29, 1.82) is 0 Å². The zero-order valence-corrected chi connectivity index (χ0v) is 11.0. The molecule has 0 atom stereocenters. The standard InChI is InChI=1S/C11H18N2O2S/c1-5-9-7-16-11(12-9)13(8(2)3)6-10(14)15-4/h7-8H,5-6H2,1-4H3. The summed E-state index contributed by atoms with van der Waals surface area (Å²) in [5.41, 5.74) is 1.07. The molecule has 0 aliphatic rings. The average molecular weight is 242 g/mol. The Morgan fingerprint density at radius 2 is 2.31 bits per heavy atom. The Balaban J connectivity index is 2.80. The van der Waals surface area contributed by atoms with Crippen molar-refractivity contribution >= 4 is 22.4 Å². The van der Waals surface area contributed by atoms with Crippen LogP contribution in [0.5, 0.6) is 0 Å². The van der Waals surface area contributed by atoms with Crippen LogP contribution in [-0.2, 0) is 16.0 Å². The second kappa shape index (κ2) is 5.84. The molecule has 0 aliphatic carbocycles. The summed E-state index contributed by atoms with van der Waals surface area (Å²) in [5.74, 6) is -0.234. The quantitative estimate of drug-likeness (QED) is 0.742. The molecule has 1 aromatic heterocycles. The number of anilines is 1. The summed E-state index contributed by atoms with van der Waals surface area (Å²) < 4.78 is 4.68. The number of aryl methyl sites for hydroxylation is 1. The first kappa shape index (κ1) is 13.0. The molecule has 4 nitrogen and oxygen atoms in total. The summed E-state index contributed by atoms with van der Waals surface area (Å²) in [4.78, 5) is 17.7. The SMILES string of the molecule is CCc1csc(N(CC(=O)OC)C(C)C)n1. The number of methoxy groups -OCH3 is 1. The second-order valence-corrected chi connectivity index (χ2v) is 4.61. The maximum atomic E-state index is 11.3. The van der Waals surface area contributed by atoms with Crippen molar-refractivity contribution in [2.45, 2.75) is 33.2 Å². The first-order chi connectivity index (χ1) is 7.58. The van der Waals surface area contributed by atoms with Crippen molar-refractivity contribution in [3.63, 3.8) is 0 Å². The van der Waals surface area contributed by atoms with Crippen LogP contribution < -0.4 is 4.90 Å². The minimum Gasteiger partial charge on any atom is -0.468 e. The van der Waals surface area contributed by atoms with Crippen LogP contribution in [0.25, 0.3) is 0 Å². The van der Waals surface area contributed by atoms with Gasteiger partial charge in [-0.25, -0.2) is 4.98 Å². The van der Waals surface area contributed by atoms with Crippen LogP contribution in [0.1, 0.15) is 26.5 Å². The molecule has 0 amide bonds. The van der Waals surface area contributed by atoms with Crippen molar-refractivity contribution < 1.29 is 9.53 Å². The minimum absolute atomic E-state index is 0.231. The Hall–Kier alpha value is -1.10. The Bertz CT molecular complexity index is 350. The summed E-state index contributed by atoms with van der Waals surface area (Å²) in [6, 6.07) is 0.231. The number of carbonyl (C=O) groups excluding carboxylic acids is 1. The highest BCUT2D eigenvalue weighted by Gasteiger charge is 2.17. The number of hydrogen-bond donors (Lipinski definition) is 0. The van der Waals surface area contributed by atoms with Crippen LogP contribution in [-0.4, -0.2) is 30.6 Å². The lowest BCUT2D eigenvalue weighted by Gasteiger charge is -2.24. The number of ether oxygens (including phenoxy) is 1. The molecule has 0 fully saturated rings. The molecule has 0 saturated heterocycles. The summed E-state index contributed by atoms with van der Waals surface area (Å²) >= 11 is 1.57. The third-order valence-corrected chi connectivity index (χ3v) is 3.22. The van der Waals surface area contributed by atoms with Crippen LogP contribution in [0.15, 0.2) is 5.38 Å². The highest BCUT2D eigenvalue weighted by molar-refractivity contribution is 7.13. The second-order valence-electron chi connectivity index (χ2n) is 3.77. The van der Waals surface area contributed by atoms with Crippen molar-refractivity contribution in [1.82, 2.24) is 4.98 Å². The molecule has 90 valence electrons. The number of rotatable bonds is 5. The molecule has 0 radical (unpaired) electrons. The van der Waals surface area contributed by atoms with E-state index in [1.165, 1.54) is 7.11 Å². The largest absolute Gasteiger partial charge is 0.468 e. The molecule has 0 N–H and O–H groups in total. The molecule has 0 aliphatic heterocycles. The lowest BCUT2D eigenvalue weighted by Crippen LogP contribution is -2.36. The molecular weight excluding hydrogens is 224 g/mol. The number of carbonyl (C=O) groups is 1. The van der Waals surface area contributed by atoms with Gasteiger partial charge in [0.15, 0.2) is 5.13 Å². The van der Waals surface area contributed by atoms with E-state index in [4.69, 9.17) is 0 Å². The normalized spacial score (nSPS) is 10.6. The smallest absolute Gasteiger partial charge is 0.325 e. The van der Waals surface area contributed by atoms with E-state index < -0.39 is 0 Å². The van der Waals surface area contributed by atoms with E-state index in [0.29, 0.717) is 0 Å². The number of esters is 1. The zero-order chi connectivity index (χ0) is 12.1. The van der Waals surface area contributed by atoms with Crippen LogP contribution in [0.2, 0.25) is 0 Å². The van der Waals surface area contributed by atoms with Gasteiger partial charge >= 0.3 is 5.97 Å². The molecule has 0 aromatic carbocycles. The third-order valence-electron chi connectivity index (χ3n) is 2.30. The lowest BCUT2D eigenvalue weighted by molar-refractivity contribution is -0.139. The molecule has 1 heterocycles. The van der Waals surface area contributed by atoms with E-state index >= 15 is 0 Å². The molecule has 0 unspecified atom stereocenters. The molecular formula is C11H18N2O2S. The molecule has 0 bridgehead atoms. The molecule has 0 spiro atoms. The van der Waals surface area contributed by atoms with Crippen molar-refractivity contribution in [3.05, 3.63) is 11.1 Å². The predicted octanol–water partition coefficient (Wildman–Crippen LogP) is 2.09. The van der Waals surface area contributed by atoms with Crippen LogP contribution in [0.4, 0.5) is 5.13 Å². The van der Waals surface area contributed by atoms with Gasteiger partial charge in [0.25, 0.3) is 0 Å². The number of aromatic nitrogens is 1. The minimum atomic E-state index is -0.234. The van der Waals surface area contributed by atoms with Gasteiger partial charge in [0.1, 0.15) is 6.54 Å². The van der Waals surface area contributed by atoms with Crippen molar-refractivity contribution in [2.75, 3.05) is 18.6 Å². The van der Waals surface area contributed by atoms with E-state index in [2.05, 4.69) is 16.6 Å². The Kier molecular flexibility index (Phi) is 4.73. The molecule has 1 rings (SSSR count). The van der Waals surface area contributed by atoms with Crippen LogP contribution in [0.3, 0.4) is 0 Å². The van der Waals surface area contributed by atoms with E-state index in [0.717, 1.165) is 17.2 Å². The summed E-state index contributed by atoms with van der Waals surface area (Å²) in [6.07, 6.45) is 0.917. The fourth-order valence-corrected chi connectivity index (χ4v) is 2.31. The number of nitrogens with zero attached hydrogens (tertiary/aromatic N) is 2. The lowest BCUT2D eigenvalue weighted by atomic mass is 10.3. The molecule has 5 heteroatoms. The van der Waals surface area contributed by atoms with Gasteiger partial charge in [0, 0.05) is 11.4 Å². The van der Waals surface area contributed by atoms with E-state index in [9.17, 15) is 4.79 Å². The Morgan fingerprint density at radius 1 is 1.62 bits per heavy atom. The topological polar surface area (TPSA) is 42.4 Å². The van der Waals surface area contributed by atoms with Crippen LogP contribution >= 0.6 is 11.3 Å². The number of thiazole rings is 1. The zero-order valence-electron chi connectivity index (χ0n) is 10.2. The first-order valence-corrected chi connectivity index (χ1v) is 6.24. The highest BCUT2D eigenvalue weighted by Crippen LogP contribution is 2.22. The summed E-state index contributed by atoms with van der Waals surface area (Å²) in [6.45, 7) is 6.40. The fraction of sp³-hybridized carbons (Fsp3) is 0.636. The van der Waals surface area contributed by atoms with Crippen molar-refractivity contribution in [3.8, 4) is 0 Å². The first-order valence-electron chi connectivity index (χ1n) is 5.36. The van der Waals surface area contributed by atoms with E-state index in [-0.39, 0.29) is 18.6 Å². The van der Waals surface area contributed by atoms with Gasteiger partial charge in [-0.05, 0) is 20.3 Å². The van der Waals surface area contributed by atoms with Gasteiger partial charge in [0.2, 0.25) is 0 Å². The fourth-order valence-electron chi connectivity index (χ4n) is 1.27. The Labute approximate surface area is 100 Å². The molecule has 1 aromatic rings. The average Bonchev–Trinajstić information content (AvgIpc) is 2.73. The van der Waals surface area contributed by atoms with Gasteiger partial charge in [-0.2, -0.15) is 0 Å². The van der Waals surface area contributed by atoms with Gasteiger partial charge in [-0.1, -0.05) is 6.92 Å². The van der Waals surface area contributed by atoms with Gasteiger partial charge < -0.3 is 9.64 Å². The predicted molar refractivity (Wildman–Crippen MR) is 66.0 cm³/mol. The van der Waals surface area contributed by atoms with Gasteiger partial charge in [0.05, 0.1) is 12.8 Å².